The van der Waals surface area contributed by atoms with Gasteiger partial charge < -0.3 is 35.3 Å². The standard InChI is InChI=1S/C29H28N10O4/c1-42-18-9-7-17(8-10-18)26-37-21-25(31-11-16-5-3-2-4-6-16)33-14-35-28(21)38(26)12-19-22(40)23(41)29(43-19)39-15-36-20-24(30)32-13-34-27(20)39/h2-10,13-15,19,22-23,29,40-41H,11-12H2,1H3,(H2,30,32,34)(H,31,33,35)/t19-,22+,23+,29?/m1/s1. The number of methoxy groups -OCH3 is 1. The molecule has 0 bridgehead atoms. The highest BCUT2D eigenvalue weighted by molar-refractivity contribution is 5.86. The monoisotopic (exact) mass is 580 g/mol. The van der Waals surface area contributed by atoms with Crippen molar-refractivity contribution in [2.75, 3.05) is 18.2 Å². The number of nitrogens with zero attached hydrogens (tertiary/aromatic N) is 8. The van der Waals surface area contributed by atoms with Gasteiger partial charge in [-0.05, 0) is 29.8 Å². The fourth-order valence-electron chi connectivity index (χ4n) is 5.33. The zero-order valence-corrected chi connectivity index (χ0v) is 23.0. The maximum absolute atomic E-state index is 11.2. The van der Waals surface area contributed by atoms with Crippen LogP contribution in [0.15, 0.2) is 73.6 Å². The number of benzene rings is 2. The van der Waals surface area contributed by atoms with E-state index in [1.807, 2.05) is 59.2 Å². The van der Waals surface area contributed by atoms with Crippen molar-refractivity contribution < 1.29 is 19.7 Å². The number of aliphatic hydroxyl groups excluding tert-OH is 2. The van der Waals surface area contributed by atoms with Gasteiger partial charge in [-0.3, -0.25) is 4.57 Å². The van der Waals surface area contributed by atoms with Crippen molar-refractivity contribution >= 4 is 34.0 Å². The minimum Gasteiger partial charge on any atom is -0.497 e. The molecule has 6 aromatic rings. The van der Waals surface area contributed by atoms with Crippen molar-refractivity contribution in [1.29, 1.82) is 0 Å². The largest absolute Gasteiger partial charge is 0.497 e. The van der Waals surface area contributed by atoms with Crippen molar-refractivity contribution in [3.05, 3.63) is 79.1 Å². The van der Waals surface area contributed by atoms with Crippen LogP contribution in [0.4, 0.5) is 11.6 Å². The second-order valence-electron chi connectivity index (χ2n) is 10.1. The highest BCUT2D eigenvalue weighted by atomic mass is 16.6. The van der Waals surface area contributed by atoms with E-state index >= 15 is 0 Å². The lowest BCUT2D eigenvalue weighted by atomic mass is 10.1. The van der Waals surface area contributed by atoms with Crippen LogP contribution in [0.5, 0.6) is 5.75 Å². The molecule has 0 saturated carbocycles. The first-order valence-electron chi connectivity index (χ1n) is 13.6. The van der Waals surface area contributed by atoms with Gasteiger partial charge in [0.1, 0.15) is 48.1 Å². The second-order valence-corrected chi connectivity index (χ2v) is 10.1. The molecule has 5 N–H and O–H groups in total. The number of fused-ring (bicyclic) bond motifs is 2. The summed E-state index contributed by atoms with van der Waals surface area (Å²) in [5.74, 6) is 2.06. The number of ether oxygens (including phenoxy) is 2. The van der Waals surface area contributed by atoms with Crippen LogP contribution in [0.25, 0.3) is 33.7 Å². The molecule has 43 heavy (non-hydrogen) atoms. The lowest BCUT2D eigenvalue weighted by Crippen LogP contribution is -2.33. The average Bonchev–Trinajstić information content (AvgIpc) is 3.72. The third-order valence-corrected chi connectivity index (χ3v) is 7.54. The van der Waals surface area contributed by atoms with Gasteiger partial charge in [0, 0.05) is 12.1 Å². The smallest absolute Gasteiger partial charge is 0.167 e. The molecule has 1 saturated heterocycles. The lowest BCUT2D eigenvalue weighted by molar-refractivity contribution is -0.0389. The van der Waals surface area contributed by atoms with E-state index in [1.54, 1.807) is 11.7 Å². The van der Waals surface area contributed by atoms with Crippen LogP contribution in [0.1, 0.15) is 11.8 Å². The Morgan fingerprint density at radius 1 is 0.907 bits per heavy atom. The molecule has 0 radical (unpaired) electrons. The van der Waals surface area contributed by atoms with Crippen LogP contribution < -0.4 is 15.8 Å². The molecule has 4 atom stereocenters. The summed E-state index contributed by atoms with van der Waals surface area (Å²) in [4.78, 5) is 26.5. The Kier molecular flexibility index (Phi) is 6.77. The molecule has 2 aromatic carbocycles. The Bertz CT molecular complexity index is 1890. The van der Waals surface area contributed by atoms with E-state index in [0.29, 0.717) is 46.3 Å². The SMILES string of the molecule is COc1ccc(-c2nc3c(NCc4ccccc4)ncnc3n2C[C@H]2OC(n3cnc4c(N)ncnc43)[C@@H](O)[C@H]2O)cc1. The summed E-state index contributed by atoms with van der Waals surface area (Å²) in [5.41, 5.74) is 9.69. The summed E-state index contributed by atoms with van der Waals surface area (Å²) in [6.45, 7) is 0.675. The van der Waals surface area contributed by atoms with Crippen LogP contribution in [0.3, 0.4) is 0 Å². The molecule has 14 nitrogen and oxygen atoms in total. The highest BCUT2D eigenvalue weighted by Gasteiger charge is 2.45. The number of imidazole rings is 2. The molecule has 1 aliphatic rings. The van der Waals surface area contributed by atoms with Crippen molar-refractivity contribution in [1.82, 2.24) is 39.0 Å². The third-order valence-electron chi connectivity index (χ3n) is 7.54. The third kappa shape index (κ3) is 4.76. The molecule has 1 unspecified atom stereocenters. The van der Waals surface area contributed by atoms with Crippen LogP contribution in [-0.4, -0.2) is 74.7 Å². The predicted molar refractivity (Wildman–Crippen MR) is 157 cm³/mol. The van der Waals surface area contributed by atoms with Gasteiger partial charge in [0.25, 0.3) is 0 Å². The van der Waals surface area contributed by atoms with Gasteiger partial charge in [-0.1, -0.05) is 30.3 Å². The van der Waals surface area contributed by atoms with Crippen LogP contribution in [0, 0.1) is 0 Å². The first kappa shape index (κ1) is 26.7. The van der Waals surface area contributed by atoms with Crippen molar-refractivity contribution in [3.63, 3.8) is 0 Å². The van der Waals surface area contributed by atoms with E-state index in [4.69, 9.17) is 20.2 Å². The summed E-state index contributed by atoms with van der Waals surface area (Å²) in [5, 5.41) is 25.6. The van der Waals surface area contributed by atoms with Crippen molar-refractivity contribution in [3.8, 4) is 17.1 Å². The number of rotatable bonds is 8. The summed E-state index contributed by atoms with van der Waals surface area (Å²) >= 11 is 0. The van der Waals surface area contributed by atoms with E-state index in [0.717, 1.165) is 11.1 Å². The molecule has 0 spiro atoms. The Labute approximate surface area is 244 Å². The zero-order chi connectivity index (χ0) is 29.5. The fraction of sp³-hybridized carbons (Fsp3) is 0.241. The minimum absolute atomic E-state index is 0.130. The average molecular weight is 581 g/mol. The predicted octanol–water partition coefficient (Wildman–Crippen LogP) is 2.16. The van der Waals surface area contributed by atoms with E-state index in [-0.39, 0.29) is 12.4 Å². The molecule has 218 valence electrons. The number of anilines is 2. The van der Waals surface area contributed by atoms with E-state index in [2.05, 4.69) is 30.2 Å². The molecule has 5 heterocycles. The number of hydrogen-bond acceptors (Lipinski definition) is 12. The maximum atomic E-state index is 11.2. The number of nitrogens with one attached hydrogen (secondary N) is 1. The van der Waals surface area contributed by atoms with E-state index < -0.39 is 24.5 Å². The van der Waals surface area contributed by atoms with Gasteiger partial charge in [-0.25, -0.2) is 29.9 Å². The topological polar surface area (TPSA) is 184 Å². The first-order chi connectivity index (χ1) is 21.0. The normalized spacial score (nSPS) is 20.2. The molecular weight excluding hydrogens is 552 g/mol. The maximum Gasteiger partial charge on any atom is 0.167 e. The number of hydrogen-bond donors (Lipinski definition) is 4. The Morgan fingerprint density at radius 2 is 1.67 bits per heavy atom. The Morgan fingerprint density at radius 3 is 2.47 bits per heavy atom. The number of aliphatic hydroxyl groups is 2. The minimum atomic E-state index is -1.27. The molecule has 4 aromatic heterocycles. The van der Waals surface area contributed by atoms with Crippen LogP contribution in [0.2, 0.25) is 0 Å². The molecule has 0 amide bonds. The highest BCUT2D eigenvalue weighted by Crippen LogP contribution is 2.35. The summed E-state index contributed by atoms with van der Waals surface area (Å²) < 4.78 is 15.0. The van der Waals surface area contributed by atoms with Gasteiger partial charge in [0.2, 0.25) is 0 Å². The second kappa shape index (κ2) is 10.9. The zero-order valence-electron chi connectivity index (χ0n) is 23.0. The molecular formula is C29H28N10O4. The molecule has 14 heteroatoms. The summed E-state index contributed by atoms with van der Waals surface area (Å²) in [6.07, 6.45) is -0.0514. The summed E-state index contributed by atoms with van der Waals surface area (Å²) in [7, 11) is 1.61. The van der Waals surface area contributed by atoms with Crippen molar-refractivity contribution in [2.45, 2.75) is 37.6 Å². The van der Waals surface area contributed by atoms with E-state index in [9.17, 15) is 10.2 Å². The molecule has 0 aliphatic carbocycles. The Balaban J connectivity index is 1.26. The van der Waals surface area contributed by atoms with Gasteiger partial charge in [-0.2, -0.15) is 0 Å². The van der Waals surface area contributed by atoms with Crippen LogP contribution in [-0.2, 0) is 17.8 Å². The van der Waals surface area contributed by atoms with E-state index in [1.165, 1.54) is 19.0 Å². The van der Waals surface area contributed by atoms with Gasteiger partial charge in [0.15, 0.2) is 34.7 Å². The molecule has 1 fully saturated rings. The lowest BCUT2D eigenvalue weighted by Gasteiger charge is -2.18. The van der Waals surface area contributed by atoms with Gasteiger partial charge in [-0.15, -0.1) is 0 Å². The van der Waals surface area contributed by atoms with Gasteiger partial charge >= 0.3 is 0 Å². The van der Waals surface area contributed by atoms with Gasteiger partial charge in [0.05, 0.1) is 20.0 Å². The number of nitrogens with two attached hydrogens (primary N) is 1. The van der Waals surface area contributed by atoms with Crippen LogP contribution >= 0.6 is 0 Å². The number of aromatic nitrogens is 8. The summed E-state index contributed by atoms with van der Waals surface area (Å²) in [6, 6.07) is 17.5. The number of nitrogen functional groups attached to an aromatic ring is 1. The first-order valence-corrected chi connectivity index (χ1v) is 13.6. The molecule has 7 rings (SSSR count). The fourth-order valence-corrected chi connectivity index (χ4v) is 5.33. The molecule has 1 aliphatic heterocycles. The quantitative estimate of drug-likeness (QED) is 0.206. The van der Waals surface area contributed by atoms with Crippen molar-refractivity contribution in [2.24, 2.45) is 0 Å². The Hall–Kier alpha value is -5.18.